The lowest BCUT2D eigenvalue weighted by molar-refractivity contribution is -0.149. The standard InChI is InChI=1S/C8H5NO2.C7H13NO3/c10-7-5-3-1-2-4-6(5)8(11)9-7;1-4(2)7(8,5(3)9)6(10)11/h1-4H,(H,9,10,11);4H,8H2,1-3H3,(H,10,11)/t;7-/m.1/s1. The molecule has 0 saturated heterocycles. The Labute approximate surface area is 127 Å². The van der Waals surface area contributed by atoms with E-state index in [4.69, 9.17) is 10.8 Å². The third-order valence-corrected chi connectivity index (χ3v) is 3.49. The topological polar surface area (TPSA) is 127 Å². The van der Waals surface area contributed by atoms with Gasteiger partial charge in [-0.25, -0.2) is 4.79 Å². The van der Waals surface area contributed by atoms with E-state index in [9.17, 15) is 19.2 Å². The van der Waals surface area contributed by atoms with Crippen molar-refractivity contribution in [3.8, 4) is 0 Å². The number of amides is 2. The molecule has 1 aliphatic rings. The van der Waals surface area contributed by atoms with Gasteiger partial charge in [-0.15, -0.1) is 0 Å². The van der Waals surface area contributed by atoms with E-state index in [1.807, 2.05) is 0 Å². The Balaban J connectivity index is 0.000000220. The van der Waals surface area contributed by atoms with E-state index >= 15 is 0 Å². The number of hydrogen-bond acceptors (Lipinski definition) is 5. The van der Waals surface area contributed by atoms with Crippen molar-refractivity contribution in [2.24, 2.45) is 11.7 Å². The van der Waals surface area contributed by atoms with E-state index in [0.29, 0.717) is 11.1 Å². The highest BCUT2D eigenvalue weighted by atomic mass is 16.4. The number of carbonyl (C=O) groups excluding carboxylic acids is 3. The minimum Gasteiger partial charge on any atom is -0.480 e. The summed E-state index contributed by atoms with van der Waals surface area (Å²) in [5, 5.41) is 10.8. The van der Waals surface area contributed by atoms with Gasteiger partial charge in [-0.1, -0.05) is 26.0 Å². The molecule has 0 radical (unpaired) electrons. The molecule has 0 saturated carbocycles. The molecule has 22 heavy (non-hydrogen) atoms. The summed E-state index contributed by atoms with van der Waals surface area (Å²) in [6.07, 6.45) is 0. The van der Waals surface area contributed by atoms with Gasteiger partial charge < -0.3 is 10.8 Å². The van der Waals surface area contributed by atoms with Gasteiger partial charge in [0.15, 0.2) is 11.3 Å². The van der Waals surface area contributed by atoms with Crippen LogP contribution in [0.2, 0.25) is 0 Å². The van der Waals surface area contributed by atoms with Gasteiger partial charge in [-0.3, -0.25) is 19.7 Å². The van der Waals surface area contributed by atoms with Gasteiger partial charge in [0.1, 0.15) is 0 Å². The predicted octanol–water partition coefficient (Wildman–Crippen LogP) is 0.584. The van der Waals surface area contributed by atoms with Crippen LogP contribution in [-0.4, -0.2) is 34.2 Å². The first-order chi connectivity index (χ1) is 10.1. The first-order valence-electron chi connectivity index (χ1n) is 6.60. The number of nitrogens with two attached hydrogens (primary N) is 1. The van der Waals surface area contributed by atoms with Crippen molar-refractivity contribution in [1.29, 1.82) is 0 Å². The smallest absolute Gasteiger partial charge is 0.331 e. The van der Waals surface area contributed by atoms with Crippen molar-refractivity contribution in [3.05, 3.63) is 35.4 Å². The van der Waals surface area contributed by atoms with Crippen LogP contribution in [0.1, 0.15) is 41.5 Å². The zero-order valence-corrected chi connectivity index (χ0v) is 12.5. The Kier molecular flexibility index (Phi) is 5.16. The Morgan fingerprint density at radius 3 is 1.77 bits per heavy atom. The Morgan fingerprint density at radius 2 is 1.55 bits per heavy atom. The van der Waals surface area contributed by atoms with Crippen LogP contribution in [0.15, 0.2) is 24.3 Å². The van der Waals surface area contributed by atoms with Gasteiger partial charge in [0.05, 0.1) is 11.1 Å². The van der Waals surface area contributed by atoms with E-state index in [0.717, 1.165) is 0 Å². The number of carboxylic acid groups (broad SMARTS) is 1. The van der Waals surface area contributed by atoms with Gasteiger partial charge >= 0.3 is 5.97 Å². The SMILES string of the molecule is CC(=O)[C@@](N)(C(=O)O)C(C)C.O=C1NC(=O)c2ccccc21. The molecule has 0 spiro atoms. The summed E-state index contributed by atoms with van der Waals surface area (Å²) in [6, 6.07) is 6.74. The number of carboxylic acids is 1. The summed E-state index contributed by atoms with van der Waals surface area (Å²) in [6.45, 7) is 4.40. The minimum atomic E-state index is -1.72. The van der Waals surface area contributed by atoms with Gasteiger partial charge in [0.2, 0.25) is 0 Å². The molecule has 1 aliphatic heterocycles. The molecule has 0 aromatic heterocycles. The Hall–Kier alpha value is -2.54. The quantitative estimate of drug-likeness (QED) is 0.554. The maximum atomic E-state index is 10.9. The molecule has 0 bridgehead atoms. The lowest BCUT2D eigenvalue weighted by atomic mass is 9.84. The molecule has 2 amide bonds. The third kappa shape index (κ3) is 3.20. The maximum Gasteiger partial charge on any atom is 0.331 e. The van der Waals surface area contributed by atoms with E-state index in [-0.39, 0.29) is 11.8 Å². The maximum absolute atomic E-state index is 10.9. The second-order valence-electron chi connectivity index (χ2n) is 5.21. The molecular weight excluding hydrogens is 288 g/mol. The number of nitrogens with one attached hydrogen (secondary N) is 1. The summed E-state index contributed by atoms with van der Waals surface area (Å²) < 4.78 is 0. The van der Waals surface area contributed by atoms with Crippen LogP contribution in [0.25, 0.3) is 0 Å². The van der Waals surface area contributed by atoms with E-state index in [2.05, 4.69) is 5.32 Å². The first kappa shape index (κ1) is 17.5. The lowest BCUT2D eigenvalue weighted by Crippen LogP contribution is -2.57. The predicted molar refractivity (Wildman–Crippen MR) is 78.3 cm³/mol. The summed E-state index contributed by atoms with van der Waals surface area (Å²) in [4.78, 5) is 43.3. The molecule has 1 aromatic carbocycles. The van der Waals surface area contributed by atoms with E-state index in [1.165, 1.54) is 6.92 Å². The van der Waals surface area contributed by atoms with Crippen LogP contribution in [0, 0.1) is 5.92 Å². The third-order valence-electron chi connectivity index (χ3n) is 3.49. The molecule has 1 atom stereocenters. The van der Waals surface area contributed by atoms with Crippen LogP contribution >= 0.6 is 0 Å². The van der Waals surface area contributed by atoms with Gasteiger partial charge in [0, 0.05) is 0 Å². The number of benzene rings is 1. The van der Waals surface area contributed by atoms with Crippen LogP contribution in [-0.2, 0) is 9.59 Å². The van der Waals surface area contributed by atoms with Crippen molar-refractivity contribution < 1.29 is 24.3 Å². The van der Waals surface area contributed by atoms with Gasteiger partial charge in [-0.05, 0) is 25.0 Å². The molecule has 2 rings (SSSR count). The fourth-order valence-corrected chi connectivity index (χ4v) is 1.92. The number of imide groups is 1. The molecule has 118 valence electrons. The van der Waals surface area contributed by atoms with E-state index in [1.54, 1.807) is 38.1 Å². The fraction of sp³-hybridized carbons (Fsp3) is 0.333. The Bertz CT molecular complexity index is 590. The van der Waals surface area contributed by atoms with Crippen molar-refractivity contribution in [3.63, 3.8) is 0 Å². The molecule has 1 aromatic rings. The summed E-state index contributed by atoms with van der Waals surface area (Å²) >= 11 is 0. The monoisotopic (exact) mass is 306 g/mol. The van der Waals surface area contributed by atoms with Crippen molar-refractivity contribution in [1.82, 2.24) is 5.32 Å². The molecule has 4 N–H and O–H groups in total. The molecule has 7 heteroatoms. The number of fused-ring (bicyclic) bond motifs is 1. The average Bonchev–Trinajstić information content (AvgIpc) is 2.73. The van der Waals surface area contributed by atoms with Crippen molar-refractivity contribution in [2.75, 3.05) is 0 Å². The second-order valence-corrected chi connectivity index (χ2v) is 5.21. The average molecular weight is 306 g/mol. The highest BCUT2D eigenvalue weighted by Crippen LogP contribution is 2.15. The molecule has 0 unspecified atom stereocenters. The first-order valence-corrected chi connectivity index (χ1v) is 6.60. The van der Waals surface area contributed by atoms with Gasteiger partial charge in [0.25, 0.3) is 11.8 Å². The van der Waals surface area contributed by atoms with Crippen LogP contribution < -0.4 is 11.1 Å². The highest BCUT2D eigenvalue weighted by molar-refractivity contribution is 6.21. The lowest BCUT2D eigenvalue weighted by Gasteiger charge is -2.25. The molecule has 7 nitrogen and oxygen atoms in total. The number of Topliss-reactive ketones (excluding diaryl/α,β-unsaturated/α-hetero) is 1. The number of aliphatic carboxylic acids is 1. The highest BCUT2D eigenvalue weighted by Gasteiger charge is 2.42. The van der Waals surface area contributed by atoms with Crippen molar-refractivity contribution in [2.45, 2.75) is 26.3 Å². The summed E-state index contributed by atoms with van der Waals surface area (Å²) in [5.74, 6) is -2.77. The van der Waals surface area contributed by atoms with Crippen LogP contribution in [0.3, 0.4) is 0 Å². The molecular formula is C15H18N2O5. The zero-order valence-electron chi connectivity index (χ0n) is 12.5. The van der Waals surface area contributed by atoms with E-state index < -0.39 is 23.2 Å². The summed E-state index contributed by atoms with van der Waals surface area (Å²) in [7, 11) is 0. The van der Waals surface area contributed by atoms with Crippen molar-refractivity contribution >= 4 is 23.6 Å². The molecule has 1 heterocycles. The zero-order chi connectivity index (χ0) is 17.1. The molecule has 0 aliphatic carbocycles. The molecule has 0 fully saturated rings. The van der Waals surface area contributed by atoms with Crippen LogP contribution in [0.4, 0.5) is 0 Å². The number of ketones is 1. The normalized spacial score (nSPS) is 15.3. The summed E-state index contributed by atoms with van der Waals surface area (Å²) in [5.41, 5.74) is 4.59. The second kappa shape index (κ2) is 6.48. The largest absolute Gasteiger partial charge is 0.480 e. The number of rotatable bonds is 3. The van der Waals surface area contributed by atoms with Crippen LogP contribution in [0.5, 0.6) is 0 Å². The fourth-order valence-electron chi connectivity index (χ4n) is 1.92. The minimum absolute atomic E-state index is 0.300. The number of hydrogen-bond donors (Lipinski definition) is 3. The number of carbonyl (C=O) groups is 4. The Morgan fingerprint density at radius 1 is 1.14 bits per heavy atom. The van der Waals surface area contributed by atoms with Gasteiger partial charge in [-0.2, -0.15) is 0 Å².